The molecule has 2 rings (SSSR count). The first-order valence-corrected chi connectivity index (χ1v) is 7.08. The molecule has 0 spiro atoms. The molecule has 1 N–H and O–H groups in total. The molecule has 2 fully saturated rings. The maximum atomic E-state index is 13.4. The summed E-state index contributed by atoms with van der Waals surface area (Å²) in [6, 6.07) is 0. The van der Waals surface area contributed by atoms with E-state index in [9.17, 15) is 18.0 Å². The molecule has 3 atom stereocenters. The van der Waals surface area contributed by atoms with Crippen molar-refractivity contribution in [3.05, 3.63) is 0 Å². The summed E-state index contributed by atoms with van der Waals surface area (Å²) in [6.07, 6.45) is -2.30. The minimum Gasteiger partial charge on any atom is -0.315 e. The largest absolute Gasteiger partial charge is 0.402 e. The third-order valence-electron chi connectivity index (χ3n) is 4.72. The molecule has 0 aromatic carbocycles. The van der Waals surface area contributed by atoms with Gasteiger partial charge in [0.25, 0.3) is 0 Å². The van der Waals surface area contributed by atoms with Gasteiger partial charge in [-0.05, 0) is 44.1 Å². The fourth-order valence-corrected chi connectivity index (χ4v) is 3.84. The third-order valence-corrected chi connectivity index (χ3v) is 4.72. The lowest BCUT2D eigenvalue weighted by molar-refractivity contribution is -0.217. The van der Waals surface area contributed by atoms with Gasteiger partial charge >= 0.3 is 6.18 Å². The Morgan fingerprint density at radius 3 is 2.16 bits per heavy atom. The molecular weight excluding hydrogens is 255 g/mol. The lowest BCUT2D eigenvalue weighted by Crippen LogP contribution is -2.50. The summed E-state index contributed by atoms with van der Waals surface area (Å²) < 4.78 is 40.1. The van der Waals surface area contributed by atoms with Crippen molar-refractivity contribution in [2.45, 2.75) is 45.7 Å². The molecule has 110 valence electrons. The summed E-state index contributed by atoms with van der Waals surface area (Å²) in [5.74, 6) is -0.293. The Balaban J connectivity index is 2.21. The number of carbonyl (C=O) groups excluding carboxylic acids is 1. The Hall–Kier alpha value is -0.580. The molecule has 2 nitrogen and oxygen atoms in total. The van der Waals surface area contributed by atoms with Gasteiger partial charge in [-0.25, -0.2) is 0 Å². The van der Waals surface area contributed by atoms with Gasteiger partial charge < -0.3 is 5.32 Å². The molecule has 1 heterocycles. The standard InChI is InChI=1S/C14H22F3NO/c1-9-5-10(2)7-11(6-9)12(19)13(14(15,16)17)3-4-18-8-13/h9-11,18H,3-8H2,1-2H3. The van der Waals surface area contributed by atoms with E-state index in [-0.39, 0.29) is 19.5 Å². The molecule has 0 aromatic rings. The minimum atomic E-state index is -4.43. The summed E-state index contributed by atoms with van der Waals surface area (Å²) in [6.45, 7) is 4.10. The topological polar surface area (TPSA) is 29.1 Å². The predicted octanol–water partition coefficient (Wildman–Crippen LogP) is 3.17. The van der Waals surface area contributed by atoms with Gasteiger partial charge in [0.1, 0.15) is 5.41 Å². The highest BCUT2D eigenvalue weighted by Crippen LogP contribution is 2.48. The fraction of sp³-hybridized carbons (Fsp3) is 0.929. The number of halogens is 3. The molecule has 1 aliphatic heterocycles. The highest BCUT2D eigenvalue weighted by Gasteiger charge is 2.62. The molecule has 19 heavy (non-hydrogen) atoms. The Morgan fingerprint density at radius 2 is 1.74 bits per heavy atom. The van der Waals surface area contributed by atoms with Crippen molar-refractivity contribution in [2.24, 2.45) is 23.2 Å². The first kappa shape index (κ1) is 14.8. The van der Waals surface area contributed by atoms with Crippen LogP contribution >= 0.6 is 0 Å². The molecule has 0 amide bonds. The average molecular weight is 277 g/mol. The summed E-state index contributed by atoms with van der Waals surface area (Å²) in [7, 11) is 0. The van der Waals surface area contributed by atoms with Crippen LogP contribution in [0.4, 0.5) is 13.2 Å². The normalized spacial score (nSPS) is 40.4. The van der Waals surface area contributed by atoms with E-state index >= 15 is 0 Å². The minimum absolute atomic E-state index is 0.103. The number of rotatable bonds is 2. The van der Waals surface area contributed by atoms with Crippen LogP contribution < -0.4 is 5.32 Å². The maximum Gasteiger partial charge on any atom is 0.402 e. The first-order valence-electron chi connectivity index (χ1n) is 7.08. The van der Waals surface area contributed by atoms with E-state index in [1.807, 2.05) is 13.8 Å². The van der Waals surface area contributed by atoms with Crippen LogP contribution in [0, 0.1) is 23.2 Å². The van der Waals surface area contributed by atoms with E-state index in [4.69, 9.17) is 0 Å². The van der Waals surface area contributed by atoms with E-state index < -0.39 is 23.3 Å². The molecule has 1 saturated carbocycles. The Kier molecular flexibility index (Phi) is 3.96. The van der Waals surface area contributed by atoms with E-state index in [0.29, 0.717) is 24.7 Å². The van der Waals surface area contributed by atoms with Crippen LogP contribution in [0.2, 0.25) is 0 Å². The second kappa shape index (κ2) is 5.08. The van der Waals surface area contributed by atoms with Gasteiger partial charge in [0.2, 0.25) is 0 Å². The highest BCUT2D eigenvalue weighted by molar-refractivity contribution is 5.88. The molecule has 2 aliphatic rings. The van der Waals surface area contributed by atoms with Gasteiger partial charge in [0.05, 0.1) is 0 Å². The van der Waals surface area contributed by atoms with Crippen LogP contribution in [0.1, 0.15) is 39.5 Å². The highest BCUT2D eigenvalue weighted by atomic mass is 19.4. The van der Waals surface area contributed by atoms with Crippen molar-refractivity contribution < 1.29 is 18.0 Å². The van der Waals surface area contributed by atoms with Gasteiger partial charge in [-0.3, -0.25) is 4.79 Å². The molecule has 5 heteroatoms. The number of carbonyl (C=O) groups is 1. The van der Waals surface area contributed by atoms with E-state index in [1.165, 1.54) is 0 Å². The SMILES string of the molecule is CC1CC(C)CC(C(=O)C2(C(F)(F)F)CCNC2)C1. The molecule has 0 aromatic heterocycles. The van der Waals surface area contributed by atoms with Crippen molar-refractivity contribution >= 4 is 5.78 Å². The summed E-state index contributed by atoms with van der Waals surface area (Å²) in [5.41, 5.74) is -2.13. The molecule has 3 unspecified atom stereocenters. The van der Waals surface area contributed by atoms with E-state index in [1.54, 1.807) is 0 Å². The zero-order valence-electron chi connectivity index (χ0n) is 11.5. The molecule has 1 saturated heterocycles. The second-order valence-electron chi connectivity index (χ2n) is 6.49. The monoisotopic (exact) mass is 277 g/mol. The average Bonchev–Trinajstić information content (AvgIpc) is 2.76. The quantitative estimate of drug-likeness (QED) is 0.840. The van der Waals surface area contributed by atoms with Crippen LogP contribution in [0.15, 0.2) is 0 Å². The zero-order chi connectivity index (χ0) is 14.3. The van der Waals surface area contributed by atoms with Crippen LogP contribution in [0.5, 0.6) is 0 Å². The smallest absolute Gasteiger partial charge is 0.315 e. The number of alkyl halides is 3. The number of hydrogen-bond donors (Lipinski definition) is 1. The van der Waals surface area contributed by atoms with Crippen LogP contribution in [0.25, 0.3) is 0 Å². The van der Waals surface area contributed by atoms with Crippen molar-refractivity contribution in [2.75, 3.05) is 13.1 Å². The molecule has 1 aliphatic carbocycles. The van der Waals surface area contributed by atoms with Gasteiger partial charge in [0.15, 0.2) is 5.78 Å². The number of hydrogen-bond acceptors (Lipinski definition) is 2. The first-order chi connectivity index (χ1) is 8.76. The van der Waals surface area contributed by atoms with Crippen LogP contribution in [-0.4, -0.2) is 25.0 Å². The summed E-state index contributed by atoms with van der Waals surface area (Å²) in [5, 5.41) is 2.72. The van der Waals surface area contributed by atoms with Crippen LogP contribution in [0.3, 0.4) is 0 Å². The predicted molar refractivity (Wildman–Crippen MR) is 66.7 cm³/mol. The van der Waals surface area contributed by atoms with Gasteiger partial charge in [0, 0.05) is 12.5 Å². The van der Waals surface area contributed by atoms with Gasteiger partial charge in [-0.15, -0.1) is 0 Å². The number of Topliss-reactive ketones (excluding diaryl/α,β-unsaturated/α-hetero) is 1. The van der Waals surface area contributed by atoms with Crippen molar-refractivity contribution in [1.82, 2.24) is 5.32 Å². The van der Waals surface area contributed by atoms with Crippen LogP contribution in [-0.2, 0) is 4.79 Å². The number of nitrogens with one attached hydrogen (secondary N) is 1. The lowest BCUT2D eigenvalue weighted by Gasteiger charge is -2.37. The summed E-state index contributed by atoms with van der Waals surface area (Å²) >= 11 is 0. The van der Waals surface area contributed by atoms with Crippen molar-refractivity contribution in [3.8, 4) is 0 Å². The Morgan fingerprint density at radius 1 is 1.16 bits per heavy atom. The van der Waals surface area contributed by atoms with Crippen molar-refractivity contribution in [1.29, 1.82) is 0 Å². The Labute approximate surface area is 112 Å². The second-order valence-corrected chi connectivity index (χ2v) is 6.49. The van der Waals surface area contributed by atoms with E-state index in [0.717, 1.165) is 6.42 Å². The third kappa shape index (κ3) is 2.67. The van der Waals surface area contributed by atoms with Crippen molar-refractivity contribution in [3.63, 3.8) is 0 Å². The van der Waals surface area contributed by atoms with E-state index in [2.05, 4.69) is 5.32 Å². The molecule has 0 bridgehead atoms. The van der Waals surface area contributed by atoms with Gasteiger partial charge in [-0.2, -0.15) is 13.2 Å². The number of ketones is 1. The summed E-state index contributed by atoms with van der Waals surface area (Å²) in [4.78, 5) is 12.5. The lowest BCUT2D eigenvalue weighted by atomic mass is 9.68. The zero-order valence-corrected chi connectivity index (χ0v) is 11.5. The molecular formula is C14H22F3NO. The molecule has 0 radical (unpaired) electrons. The Bertz CT molecular complexity index is 337. The fourth-order valence-electron chi connectivity index (χ4n) is 3.84. The van der Waals surface area contributed by atoms with Gasteiger partial charge in [-0.1, -0.05) is 13.8 Å². The maximum absolute atomic E-state index is 13.4.